The molecule has 0 radical (unpaired) electrons. The molecule has 0 aliphatic carbocycles. The van der Waals surface area contributed by atoms with Crippen molar-refractivity contribution in [2.75, 3.05) is 19.8 Å². The molecule has 0 saturated carbocycles. The van der Waals surface area contributed by atoms with Crippen molar-refractivity contribution in [3.63, 3.8) is 0 Å². The molecular weight excluding hydrogens is 230 g/mol. The Labute approximate surface area is 105 Å². The standard InChI is InChI=1S/C12H17N5O/c1-9-2-3-10-14-15-11(17(10)16-9)12(8-13)4-6-18-7-5-12/h2-3H,4-8,13H2,1H3. The van der Waals surface area contributed by atoms with E-state index in [2.05, 4.69) is 15.3 Å². The Morgan fingerprint density at radius 1 is 1.33 bits per heavy atom. The Morgan fingerprint density at radius 2 is 2.11 bits per heavy atom. The maximum atomic E-state index is 5.99. The molecule has 1 fully saturated rings. The van der Waals surface area contributed by atoms with Gasteiger partial charge in [-0.2, -0.15) is 9.61 Å². The molecule has 3 heterocycles. The summed E-state index contributed by atoms with van der Waals surface area (Å²) < 4.78 is 7.25. The number of rotatable bonds is 2. The van der Waals surface area contributed by atoms with Crippen molar-refractivity contribution in [2.24, 2.45) is 5.73 Å². The van der Waals surface area contributed by atoms with Crippen LogP contribution in [0.2, 0.25) is 0 Å². The highest BCUT2D eigenvalue weighted by Crippen LogP contribution is 2.32. The predicted molar refractivity (Wildman–Crippen MR) is 66.3 cm³/mol. The van der Waals surface area contributed by atoms with Crippen molar-refractivity contribution in [2.45, 2.75) is 25.2 Å². The first-order valence-corrected chi connectivity index (χ1v) is 6.22. The number of hydrogen-bond donors (Lipinski definition) is 1. The maximum Gasteiger partial charge on any atom is 0.177 e. The zero-order chi connectivity index (χ0) is 12.6. The number of aryl methyl sites for hydroxylation is 1. The molecule has 0 amide bonds. The molecule has 18 heavy (non-hydrogen) atoms. The summed E-state index contributed by atoms with van der Waals surface area (Å²) in [6.45, 7) is 3.95. The number of fused-ring (bicyclic) bond motifs is 1. The minimum Gasteiger partial charge on any atom is -0.381 e. The molecule has 0 atom stereocenters. The zero-order valence-electron chi connectivity index (χ0n) is 10.5. The number of hydrogen-bond acceptors (Lipinski definition) is 5. The van der Waals surface area contributed by atoms with E-state index >= 15 is 0 Å². The van der Waals surface area contributed by atoms with Crippen molar-refractivity contribution < 1.29 is 4.74 Å². The average Bonchev–Trinajstić information content (AvgIpc) is 2.83. The zero-order valence-corrected chi connectivity index (χ0v) is 10.5. The van der Waals surface area contributed by atoms with Gasteiger partial charge in [0, 0.05) is 25.2 Å². The van der Waals surface area contributed by atoms with E-state index in [0.717, 1.165) is 43.2 Å². The topological polar surface area (TPSA) is 78.3 Å². The van der Waals surface area contributed by atoms with E-state index in [1.807, 2.05) is 23.6 Å². The van der Waals surface area contributed by atoms with Crippen LogP contribution in [0.15, 0.2) is 12.1 Å². The normalized spacial score (nSPS) is 19.2. The Bertz CT molecular complexity index is 559. The van der Waals surface area contributed by atoms with Crippen LogP contribution >= 0.6 is 0 Å². The molecule has 3 rings (SSSR count). The minimum absolute atomic E-state index is 0.154. The molecule has 0 spiro atoms. The predicted octanol–water partition coefficient (Wildman–Crippen LogP) is 0.440. The summed E-state index contributed by atoms with van der Waals surface area (Å²) in [5.74, 6) is 0.868. The van der Waals surface area contributed by atoms with E-state index in [1.165, 1.54) is 0 Å². The fourth-order valence-electron chi connectivity index (χ4n) is 2.49. The summed E-state index contributed by atoms with van der Waals surface area (Å²) in [6, 6.07) is 3.87. The van der Waals surface area contributed by atoms with Gasteiger partial charge in [-0.3, -0.25) is 0 Å². The van der Waals surface area contributed by atoms with Gasteiger partial charge in [0.25, 0.3) is 0 Å². The first kappa shape index (κ1) is 11.6. The molecule has 6 nitrogen and oxygen atoms in total. The van der Waals surface area contributed by atoms with Gasteiger partial charge in [0.15, 0.2) is 11.5 Å². The van der Waals surface area contributed by atoms with Crippen LogP contribution in [-0.2, 0) is 10.2 Å². The van der Waals surface area contributed by atoms with E-state index < -0.39 is 0 Å². The van der Waals surface area contributed by atoms with E-state index in [9.17, 15) is 0 Å². The van der Waals surface area contributed by atoms with Gasteiger partial charge in [-0.05, 0) is 31.9 Å². The maximum absolute atomic E-state index is 5.99. The van der Waals surface area contributed by atoms with Crippen LogP contribution in [0.5, 0.6) is 0 Å². The summed E-state index contributed by atoms with van der Waals surface area (Å²) in [6.07, 6.45) is 1.75. The van der Waals surface area contributed by atoms with Gasteiger partial charge in [0.2, 0.25) is 0 Å². The van der Waals surface area contributed by atoms with Gasteiger partial charge >= 0.3 is 0 Å². The summed E-state index contributed by atoms with van der Waals surface area (Å²) in [7, 11) is 0. The second-order valence-electron chi connectivity index (χ2n) is 4.87. The molecule has 0 unspecified atom stereocenters. The smallest absolute Gasteiger partial charge is 0.177 e. The molecule has 0 aromatic carbocycles. The van der Waals surface area contributed by atoms with Crippen LogP contribution < -0.4 is 5.73 Å². The highest BCUT2D eigenvalue weighted by Gasteiger charge is 2.38. The van der Waals surface area contributed by atoms with E-state index in [4.69, 9.17) is 10.5 Å². The number of nitrogens with two attached hydrogens (primary N) is 1. The lowest BCUT2D eigenvalue weighted by Crippen LogP contribution is -2.42. The molecule has 6 heteroatoms. The molecular formula is C12H17N5O. The largest absolute Gasteiger partial charge is 0.381 e. The second kappa shape index (κ2) is 4.29. The highest BCUT2D eigenvalue weighted by molar-refractivity contribution is 5.37. The Hall–Kier alpha value is -1.53. The van der Waals surface area contributed by atoms with Crippen molar-refractivity contribution in [3.05, 3.63) is 23.7 Å². The van der Waals surface area contributed by atoms with Crippen molar-refractivity contribution >= 4 is 5.65 Å². The minimum atomic E-state index is -0.154. The molecule has 0 bridgehead atoms. The molecule has 2 N–H and O–H groups in total. The fraction of sp³-hybridized carbons (Fsp3) is 0.583. The molecule has 1 aliphatic heterocycles. The third-order valence-corrected chi connectivity index (χ3v) is 3.71. The van der Waals surface area contributed by atoms with Crippen LogP contribution in [0.25, 0.3) is 5.65 Å². The van der Waals surface area contributed by atoms with Crippen LogP contribution in [-0.4, -0.2) is 39.6 Å². The molecule has 1 saturated heterocycles. The Kier molecular flexibility index (Phi) is 2.76. The summed E-state index contributed by atoms with van der Waals surface area (Å²) in [4.78, 5) is 0. The fourth-order valence-corrected chi connectivity index (χ4v) is 2.49. The molecule has 96 valence electrons. The lowest BCUT2D eigenvalue weighted by atomic mass is 9.79. The van der Waals surface area contributed by atoms with Gasteiger partial charge in [-0.1, -0.05) is 0 Å². The third-order valence-electron chi connectivity index (χ3n) is 3.71. The Morgan fingerprint density at radius 3 is 2.83 bits per heavy atom. The average molecular weight is 247 g/mol. The van der Waals surface area contributed by atoms with Gasteiger partial charge in [0.1, 0.15) is 0 Å². The van der Waals surface area contributed by atoms with E-state index in [1.54, 1.807) is 0 Å². The van der Waals surface area contributed by atoms with Crippen LogP contribution in [0.1, 0.15) is 24.4 Å². The highest BCUT2D eigenvalue weighted by atomic mass is 16.5. The van der Waals surface area contributed by atoms with Gasteiger partial charge in [-0.25, -0.2) is 0 Å². The van der Waals surface area contributed by atoms with Crippen LogP contribution in [0, 0.1) is 6.92 Å². The van der Waals surface area contributed by atoms with Crippen molar-refractivity contribution in [3.8, 4) is 0 Å². The van der Waals surface area contributed by atoms with Gasteiger partial charge < -0.3 is 10.5 Å². The SMILES string of the molecule is Cc1ccc2nnc(C3(CN)CCOCC3)n2n1. The third kappa shape index (κ3) is 1.69. The monoisotopic (exact) mass is 247 g/mol. The summed E-state index contributed by atoms with van der Waals surface area (Å²) >= 11 is 0. The Balaban J connectivity index is 2.14. The molecule has 1 aliphatic rings. The summed E-state index contributed by atoms with van der Waals surface area (Å²) in [5, 5.41) is 13.0. The van der Waals surface area contributed by atoms with Crippen molar-refractivity contribution in [1.82, 2.24) is 19.8 Å². The number of aromatic nitrogens is 4. The second-order valence-corrected chi connectivity index (χ2v) is 4.87. The number of nitrogens with zero attached hydrogens (tertiary/aromatic N) is 4. The van der Waals surface area contributed by atoms with E-state index in [-0.39, 0.29) is 5.41 Å². The summed E-state index contributed by atoms with van der Waals surface area (Å²) in [5.41, 5.74) is 7.56. The lowest BCUT2D eigenvalue weighted by Gasteiger charge is -2.33. The number of ether oxygens (including phenoxy) is 1. The van der Waals surface area contributed by atoms with Crippen LogP contribution in [0.4, 0.5) is 0 Å². The molecule has 2 aromatic rings. The van der Waals surface area contributed by atoms with E-state index in [0.29, 0.717) is 6.54 Å². The lowest BCUT2D eigenvalue weighted by molar-refractivity contribution is 0.0492. The van der Waals surface area contributed by atoms with Crippen LogP contribution in [0.3, 0.4) is 0 Å². The van der Waals surface area contributed by atoms with Crippen molar-refractivity contribution in [1.29, 1.82) is 0 Å². The first-order chi connectivity index (χ1) is 8.75. The quantitative estimate of drug-likeness (QED) is 0.833. The van der Waals surface area contributed by atoms with Gasteiger partial charge in [-0.15, -0.1) is 10.2 Å². The molecule has 2 aromatic heterocycles. The first-order valence-electron chi connectivity index (χ1n) is 6.22. The van der Waals surface area contributed by atoms with Gasteiger partial charge in [0.05, 0.1) is 5.69 Å².